The fourth-order valence-electron chi connectivity index (χ4n) is 1.36. The minimum absolute atomic E-state index is 0.188. The van der Waals surface area contributed by atoms with Crippen LogP contribution < -0.4 is 0 Å². The second-order valence-electron chi connectivity index (χ2n) is 3.30. The van der Waals surface area contributed by atoms with Gasteiger partial charge in [0.05, 0.1) is 6.61 Å². The molecule has 0 bridgehead atoms. The van der Waals surface area contributed by atoms with Crippen molar-refractivity contribution in [2.75, 3.05) is 6.61 Å². The summed E-state index contributed by atoms with van der Waals surface area (Å²) < 4.78 is 4.83. The predicted octanol–water partition coefficient (Wildman–Crippen LogP) is 2.27. The monoisotopic (exact) mass is 240 g/mol. The van der Waals surface area contributed by atoms with E-state index in [0.29, 0.717) is 5.56 Å². The maximum Gasteiger partial charge on any atom is 0.339 e. The van der Waals surface area contributed by atoms with E-state index in [0.717, 1.165) is 0 Å². The Labute approximate surface area is 99.4 Å². The molecule has 16 heavy (non-hydrogen) atoms. The highest BCUT2D eigenvalue weighted by atomic mass is 35.5. The number of alkyl halides is 1. The first-order valence-corrected chi connectivity index (χ1v) is 5.34. The first-order valence-electron chi connectivity index (χ1n) is 4.96. The molecule has 0 saturated carbocycles. The van der Waals surface area contributed by atoms with Crippen LogP contribution in [0.15, 0.2) is 30.3 Å². The van der Waals surface area contributed by atoms with Gasteiger partial charge < -0.3 is 4.74 Å². The molecule has 4 heteroatoms. The van der Waals surface area contributed by atoms with Gasteiger partial charge in [0.25, 0.3) is 0 Å². The lowest BCUT2D eigenvalue weighted by Gasteiger charge is -2.22. The predicted molar refractivity (Wildman–Crippen MR) is 61.3 cm³/mol. The minimum Gasteiger partial charge on any atom is -0.464 e. The van der Waals surface area contributed by atoms with Crippen LogP contribution >= 0.6 is 11.6 Å². The zero-order valence-electron chi connectivity index (χ0n) is 9.20. The smallest absolute Gasteiger partial charge is 0.339 e. The van der Waals surface area contributed by atoms with Gasteiger partial charge in [0.2, 0.25) is 4.87 Å². The molecule has 0 aliphatic carbocycles. The van der Waals surface area contributed by atoms with E-state index in [1.807, 2.05) is 0 Å². The van der Waals surface area contributed by atoms with Crippen LogP contribution in [0.3, 0.4) is 0 Å². The van der Waals surface area contributed by atoms with E-state index in [1.54, 1.807) is 37.3 Å². The summed E-state index contributed by atoms with van der Waals surface area (Å²) in [6.45, 7) is 3.13. The lowest BCUT2D eigenvalue weighted by atomic mass is 9.94. The summed E-state index contributed by atoms with van der Waals surface area (Å²) in [6, 6.07) is 8.48. The van der Waals surface area contributed by atoms with E-state index in [4.69, 9.17) is 16.3 Å². The fourth-order valence-corrected chi connectivity index (χ4v) is 1.54. The Balaban J connectivity index is 3.17. The first-order chi connectivity index (χ1) is 7.53. The molecule has 0 unspecified atom stereocenters. The Hall–Kier alpha value is -1.35. The normalized spacial score (nSPS) is 13.9. The van der Waals surface area contributed by atoms with Gasteiger partial charge in [-0.25, -0.2) is 4.79 Å². The Morgan fingerprint density at radius 3 is 2.31 bits per heavy atom. The Kier molecular flexibility index (Phi) is 4.07. The van der Waals surface area contributed by atoms with Crippen LogP contribution in [0.4, 0.5) is 0 Å². The molecule has 0 fully saturated rings. The number of benzene rings is 1. The molecule has 0 radical (unpaired) electrons. The molecule has 0 heterocycles. The van der Waals surface area contributed by atoms with Crippen LogP contribution in [0.2, 0.25) is 0 Å². The highest BCUT2D eigenvalue weighted by molar-refractivity contribution is 6.45. The van der Waals surface area contributed by atoms with Crippen LogP contribution in [-0.2, 0) is 19.2 Å². The molecular formula is C12H13ClO3. The largest absolute Gasteiger partial charge is 0.464 e. The number of Topliss-reactive ketones (excluding diaryl/α,β-unsaturated/α-hetero) is 1. The number of rotatable bonds is 4. The third kappa shape index (κ3) is 2.25. The van der Waals surface area contributed by atoms with Crippen molar-refractivity contribution in [2.45, 2.75) is 18.7 Å². The molecule has 0 spiro atoms. The van der Waals surface area contributed by atoms with Gasteiger partial charge in [0, 0.05) is 0 Å². The highest BCUT2D eigenvalue weighted by Gasteiger charge is 2.44. The van der Waals surface area contributed by atoms with Gasteiger partial charge in [-0.2, -0.15) is 0 Å². The van der Waals surface area contributed by atoms with E-state index in [2.05, 4.69) is 0 Å². The second-order valence-corrected chi connectivity index (χ2v) is 3.87. The van der Waals surface area contributed by atoms with Crippen molar-refractivity contribution < 1.29 is 14.3 Å². The van der Waals surface area contributed by atoms with E-state index in [-0.39, 0.29) is 6.61 Å². The zero-order valence-corrected chi connectivity index (χ0v) is 9.95. The highest BCUT2D eigenvalue weighted by Crippen LogP contribution is 2.31. The van der Waals surface area contributed by atoms with Crippen molar-refractivity contribution in [3.8, 4) is 0 Å². The SMILES string of the molecule is CCOC(=O)[C@@](Cl)(C(C)=O)c1ccccc1. The molecule has 0 aliphatic rings. The topological polar surface area (TPSA) is 43.4 Å². The lowest BCUT2D eigenvalue weighted by molar-refractivity contribution is -0.149. The second kappa shape index (κ2) is 5.12. The number of hydrogen-bond acceptors (Lipinski definition) is 3. The van der Waals surface area contributed by atoms with E-state index in [9.17, 15) is 9.59 Å². The molecular weight excluding hydrogens is 228 g/mol. The van der Waals surface area contributed by atoms with Crippen LogP contribution in [0, 0.1) is 0 Å². The average molecular weight is 241 g/mol. The number of carbonyl (C=O) groups is 2. The average Bonchev–Trinajstić information content (AvgIpc) is 2.29. The van der Waals surface area contributed by atoms with Gasteiger partial charge in [-0.3, -0.25) is 4.79 Å². The summed E-state index contributed by atoms with van der Waals surface area (Å²) in [7, 11) is 0. The van der Waals surface area contributed by atoms with Crippen LogP contribution in [0.25, 0.3) is 0 Å². The molecule has 1 aromatic carbocycles. The molecule has 0 aromatic heterocycles. The van der Waals surface area contributed by atoms with Crippen molar-refractivity contribution in [1.82, 2.24) is 0 Å². The lowest BCUT2D eigenvalue weighted by Crippen LogP contribution is -2.38. The van der Waals surface area contributed by atoms with Crippen LogP contribution in [0.5, 0.6) is 0 Å². The minimum atomic E-state index is -1.72. The molecule has 0 amide bonds. The van der Waals surface area contributed by atoms with Gasteiger partial charge in [-0.15, -0.1) is 0 Å². The van der Waals surface area contributed by atoms with E-state index >= 15 is 0 Å². The number of hydrogen-bond donors (Lipinski definition) is 0. The van der Waals surface area contributed by atoms with Gasteiger partial charge in [0.1, 0.15) is 0 Å². The molecule has 1 rings (SSSR count). The number of ketones is 1. The van der Waals surface area contributed by atoms with Crippen molar-refractivity contribution in [3.05, 3.63) is 35.9 Å². The first kappa shape index (κ1) is 12.7. The summed E-state index contributed by atoms with van der Waals surface area (Å²) in [5.74, 6) is -1.17. The number of esters is 1. The number of carbonyl (C=O) groups excluding carboxylic acids is 2. The molecule has 1 aromatic rings. The van der Waals surface area contributed by atoms with Gasteiger partial charge in [-0.1, -0.05) is 41.9 Å². The Bertz CT molecular complexity index is 389. The molecule has 0 aliphatic heterocycles. The third-order valence-electron chi connectivity index (χ3n) is 2.21. The Morgan fingerprint density at radius 1 is 1.31 bits per heavy atom. The van der Waals surface area contributed by atoms with E-state index < -0.39 is 16.6 Å². The maximum atomic E-state index is 11.7. The summed E-state index contributed by atoms with van der Waals surface area (Å²) in [5, 5.41) is 0. The molecule has 0 N–H and O–H groups in total. The number of ether oxygens (including phenoxy) is 1. The molecule has 3 nitrogen and oxygen atoms in total. The molecule has 0 saturated heterocycles. The van der Waals surface area contributed by atoms with Crippen molar-refractivity contribution in [2.24, 2.45) is 0 Å². The standard InChI is InChI=1S/C12H13ClO3/c1-3-16-11(15)12(13,9(2)14)10-7-5-4-6-8-10/h4-8H,3H2,1-2H3/t12-/m1/s1. The third-order valence-corrected chi connectivity index (χ3v) is 2.85. The quantitative estimate of drug-likeness (QED) is 0.461. The fraction of sp³-hybridized carbons (Fsp3) is 0.333. The maximum absolute atomic E-state index is 11.7. The van der Waals surface area contributed by atoms with Crippen LogP contribution in [-0.4, -0.2) is 18.4 Å². The van der Waals surface area contributed by atoms with Gasteiger partial charge >= 0.3 is 5.97 Å². The van der Waals surface area contributed by atoms with Gasteiger partial charge in [0.15, 0.2) is 5.78 Å². The van der Waals surface area contributed by atoms with Gasteiger partial charge in [-0.05, 0) is 19.4 Å². The van der Waals surface area contributed by atoms with Crippen molar-refractivity contribution in [1.29, 1.82) is 0 Å². The number of halogens is 1. The van der Waals surface area contributed by atoms with E-state index in [1.165, 1.54) is 6.92 Å². The van der Waals surface area contributed by atoms with Crippen molar-refractivity contribution in [3.63, 3.8) is 0 Å². The summed E-state index contributed by atoms with van der Waals surface area (Å²) in [4.78, 5) is 21.6. The summed E-state index contributed by atoms with van der Waals surface area (Å²) in [6.07, 6.45) is 0. The van der Waals surface area contributed by atoms with Crippen LogP contribution in [0.1, 0.15) is 19.4 Å². The molecule has 86 valence electrons. The summed E-state index contributed by atoms with van der Waals surface area (Å²) in [5.41, 5.74) is 0.433. The van der Waals surface area contributed by atoms with Crippen molar-refractivity contribution >= 4 is 23.4 Å². The Morgan fingerprint density at radius 2 is 1.88 bits per heavy atom. The summed E-state index contributed by atoms with van der Waals surface area (Å²) >= 11 is 6.10. The molecule has 1 atom stereocenters. The zero-order chi connectivity index (χ0) is 12.2.